The molecule has 0 fully saturated rings. The van der Waals surface area contributed by atoms with E-state index in [1.807, 2.05) is 0 Å². The number of hydrogen-bond acceptors (Lipinski definition) is 4. The second-order valence-electron chi connectivity index (χ2n) is 1.88. The summed E-state index contributed by atoms with van der Waals surface area (Å²) in [5, 5.41) is 0. The first-order valence-electron chi connectivity index (χ1n) is 3.31. The van der Waals surface area contributed by atoms with Gasteiger partial charge in [-0.05, 0) is 28.6 Å². The van der Waals surface area contributed by atoms with Crippen LogP contribution in [0.25, 0.3) is 0 Å². The topological polar surface area (TPSA) is 46.6 Å². The van der Waals surface area contributed by atoms with Gasteiger partial charge >= 0.3 is 6.09 Å². The summed E-state index contributed by atoms with van der Waals surface area (Å²) in [6.07, 6.45) is -0.654. The summed E-state index contributed by atoms with van der Waals surface area (Å²) in [4.78, 5) is 22.7. The van der Waals surface area contributed by atoms with E-state index >= 15 is 0 Å². The van der Waals surface area contributed by atoms with Gasteiger partial charge in [-0.15, -0.1) is 0 Å². The number of ether oxygens (including phenoxy) is 1. The van der Waals surface area contributed by atoms with Crippen LogP contribution in [0.5, 0.6) is 0 Å². The molecule has 0 atom stereocenters. The molecule has 0 aromatic rings. The van der Waals surface area contributed by atoms with Gasteiger partial charge in [-0.1, -0.05) is 0 Å². The van der Waals surface area contributed by atoms with Crippen LogP contribution >= 0.6 is 21.7 Å². The van der Waals surface area contributed by atoms with Crippen molar-refractivity contribution in [2.75, 3.05) is 12.5 Å². The third-order valence-corrected chi connectivity index (χ3v) is 1.69. The molecule has 0 aromatic carbocycles. The fraction of sp³-hybridized carbons (Fsp3) is 0.667. The van der Waals surface area contributed by atoms with Crippen molar-refractivity contribution in [1.29, 1.82) is 0 Å². The Morgan fingerprint density at radius 3 is 2.50 bits per heavy atom. The Labute approximate surface area is 79.7 Å². The summed E-state index contributed by atoms with van der Waals surface area (Å²) in [6.45, 7) is 3.20. The average Bonchev–Trinajstić information content (AvgIpc) is 1.99. The normalized spacial score (nSPS) is 9.25. The Balaban J connectivity index is 4.09. The molecule has 70 valence electrons. The van der Waals surface area contributed by atoms with E-state index in [0.29, 0.717) is 0 Å². The third kappa shape index (κ3) is 3.82. The van der Waals surface area contributed by atoms with E-state index in [4.69, 9.17) is 10.7 Å². The first kappa shape index (κ1) is 11.6. The highest BCUT2D eigenvalue weighted by Crippen LogP contribution is 2.09. The molecule has 2 amide bonds. The van der Waals surface area contributed by atoms with Crippen molar-refractivity contribution in [3.63, 3.8) is 0 Å². The van der Waals surface area contributed by atoms with Crippen molar-refractivity contribution in [2.24, 2.45) is 0 Å². The van der Waals surface area contributed by atoms with Crippen LogP contribution in [0.3, 0.4) is 0 Å². The molecular weight excluding hydrogens is 202 g/mol. The minimum absolute atomic E-state index is 0.107. The van der Waals surface area contributed by atoms with Gasteiger partial charge in [0.25, 0.3) is 0 Å². The van der Waals surface area contributed by atoms with Crippen LogP contribution in [0.2, 0.25) is 0 Å². The second kappa shape index (κ2) is 6.14. The summed E-state index contributed by atoms with van der Waals surface area (Å²) < 4.78 is 4.61. The minimum Gasteiger partial charge on any atom is -0.449 e. The minimum atomic E-state index is -0.654. The lowest BCUT2D eigenvalue weighted by atomic mass is 10.6. The van der Waals surface area contributed by atoms with E-state index in [1.165, 1.54) is 6.92 Å². The third-order valence-electron chi connectivity index (χ3n) is 1.05. The van der Waals surface area contributed by atoms with Crippen LogP contribution in [-0.4, -0.2) is 29.4 Å². The smallest absolute Gasteiger partial charge is 0.417 e. The summed E-state index contributed by atoms with van der Waals surface area (Å²) in [6, 6.07) is 0. The molecule has 0 aliphatic rings. The van der Waals surface area contributed by atoms with Gasteiger partial charge in [0.2, 0.25) is 5.91 Å². The number of halogens is 1. The van der Waals surface area contributed by atoms with Crippen LogP contribution in [0, 0.1) is 0 Å². The molecule has 0 N–H and O–H groups in total. The average molecular weight is 212 g/mol. The largest absolute Gasteiger partial charge is 0.449 e. The molecule has 0 heterocycles. The summed E-state index contributed by atoms with van der Waals surface area (Å²) in [7, 11) is 6.17. The van der Waals surface area contributed by atoms with Crippen LogP contribution in [0.1, 0.15) is 13.8 Å². The van der Waals surface area contributed by atoms with Gasteiger partial charge < -0.3 is 4.74 Å². The number of carbonyl (C=O) groups is 2. The van der Waals surface area contributed by atoms with E-state index in [0.717, 1.165) is 15.9 Å². The molecule has 0 saturated carbocycles. The summed E-state index contributed by atoms with van der Waals surface area (Å²) in [5.41, 5.74) is 0. The first-order valence-corrected chi connectivity index (χ1v) is 5.13. The number of carbonyl (C=O) groups excluding carboxylic acids is 2. The Morgan fingerprint density at radius 2 is 2.17 bits per heavy atom. The molecule has 0 spiro atoms. The van der Waals surface area contributed by atoms with E-state index in [2.05, 4.69) is 4.74 Å². The molecule has 0 radical (unpaired) electrons. The van der Waals surface area contributed by atoms with Crippen LogP contribution in [0.15, 0.2) is 0 Å². The monoisotopic (exact) mass is 211 g/mol. The van der Waals surface area contributed by atoms with Gasteiger partial charge in [-0.3, -0.25) is 4.79 Å². The number of hydrogen-bond donors (Lipinski definition) is 0. The molecule has 0 rings (SSSR count). The van der Waals surface area contributed by atoms with Crippen LogP contribution in [0.4, 0.5) is 4.79 Å². The van der Waals surface area contributed by atoms with Gasteiger partial charge in [-0.2, -0.15) is 0 Å². The molecule has 4 nitrogen and oxygen atoms in total. The Hall–Kier alpha value is -0.420. The van der Waals surface area contributed by atoms with Gasteiger partial charge in [0.1, 0.15) is 0 Å². The molecule has 0 aliphatic heterocycles. The van der Waals surface area contributed by atoms with Crippen molar-refractivity contribution < 1.29 is 14.3 Å². The maximum absolute atomic E-state index is 11.0. The maximum Gasteiger partial charge on any atom is 0.417 e. The number of imide groups is 1. The molecular formula is C6H10ClNO3S. The molecule has 0 aromatic heterocycles. The molecule has 6 heteroatoms. The Kier molecular flexibility index (Phi) is 5.92. The van der Waals surface area contributed by atoms with E-state index < -0.39 is 6.09 Å². The SMILES string of the molecule is CCOC(=O)N(CSCl)C(C)=O. The van der Waals surface area contributed by atoms with Crippen molar-refractivity contribution in [2.45, 2.75) is 13.8 Å². The highest BCUT2D eigenvalue weighted by molar-refractivity contribution is 8.21. The standard InChI is InChI=1S/C6H10ClNO3S/c1-3-11-6(10)8(4-12-7)5(2)9/h3-4H2,1-2H3. The van der Waals surface area contributed by atoms with Gasteiger partial charge in [-0.25, -0.2) is 9.69 Å². The molecule has 0 bridgehead atoms. The number of nitrogens with zero attached hydrogens (tertiary/aromatic N) is 1. The maximum atomic E-state index is 11.0. The molecule has 0 unspecified atom stereocenters. The van der Waals surface area contributed by atoms with Crippen molar-refractivity contribution in [3.8, 4) is 0 Å². The quantitative estimate of drug-likeness (QED) is 0.669. The highest BCUT2D eigenvalue weighted by Gasteiger charge is 2.18. The molecule has 0 aliphatic carbocycles. The van der Waals surface area contributed by atoms with Crippen molar-refractivity contribution >= 4 is 33.7 Å². The second-order valence-corrected chi connectivity index (χ2v) is 3.02. The molecule has 12 heavy (non-hydrogen) atoms. The number of rotatable bonds is 3. The van der Waals surface area contributed by atoms with Crippen LogP contribution in [-0.2, 0) is 9.53 Å². The summed E-state index contributed by atoms with van der Waals surface area (Å²) >= 11 is 0. The Bertz CT molecular complexity index is 176. The van der Waals surface area contributed by atoms with E-state index in [-0.39, 0.29) is 18.4 Å². The van der Waals surface area contributed by atoms with Gasteiger partial charge in [0.05, 0.1) is 12.5 Å². The fourth-order valence-electron chi connectivity index (χ4n) is 0.522. The lowest BCUT2D eigenvalue weighted by molar-refractivity contribution is -0.126. The van der Waals surface area contributed by atoms with Crippen molar-refractivity contribution in [3.05, 3.63) is 0 Å². The van der Waals surface area contributed by atoms with Gasteiger partial charge in [0, 0.05) is 6.92 Å². The van der Waals surface area contributed by atoms with Crippen LogP contribution < -0.4 is 0 Å². The molecule has 0 saturated heterocycles. The summed E-state index contributed by atoms with van der Waals surface area (Å²) in [5.74, 6) is -0.267. The van der Waals surface area contributed by atoms with Gasteiger partial charge in [0.15, 0.2) is 0 Å². The van der Waals surface area contributed by atoms with E-state index in [1.54, 1.807) is 6.92 Å². The first-order chi connectivity index (χ1) is 5.63. The van der Waals surface area contributed by atoms with E-state index in [9.17, 15) is 9.59 Å². The zero-order chi connectivity index (χ0) is 9.56. The zero-order valence-corrected chi connectivity index (χ0v) is 8.44. The highest BCUT2D eigenvalue weighted by atomic mass is 35.7. The lowest BCUT2D eigenvalue weighted by Gasteiger charge is -2.15. The Morgan fingerprint density at radius 1 is 1.58 bits per heavy atom. The fourth-order valence-corrected chi connectivity index (χ4v) is 1.20. The van der Waals surface area contributed by atoms with Crippen molar-refractivity contribution in [1.82, 2.24) is 4.90 Å². The predicted molar refractivity (Wildman–Crippen MR) is 47.9 cm³/mol. The zero-order valence-electron chi connectivity index (χ0n) is 6.87. The predicted octanol–water partition coefficient (Wildman–Crippen LogP) is 1.84. The lowest BCUT2D eigenvalue weighted by Crippen LogP contribution is -2.35. The number of amides is 2.